The van der Waals surface area contributed by atoms with Gasteiger partial charge in [-0.05, 0) is 49.2 Å². The summed E-state index contributed by atoms with van der Waals surface area (Å²) in [6.07, 6.45) is 0. The van der Waals surface area contributed by atoms with Crippen molar-refractivity contribution in [1.29, 1.82) is 0 Å². The van der Waals surface area contributed by atoms with Crippen molar-refractivity contribution in [3.63, 3.8) is 0 Å². The minimum atomic E-state index is -4.24. The summed E-state index contributed by atoms with van der Waals surface area (Å²) in [7, 11) is -4.24. The van der Waals surface area contributed by atoms with Gasteiger partial charge in [0, 0.05) is 0 Å². The Kier molecular flexibility index (Phi) is 5.70. The Bertz CT molecular complexity index is 901. The van der Waals surface area contributed by atoms with Crippen LogP contribution in [-0.2, 0) is 14.8 Å². The topological polar surface area (TPSA) is 84.5 Å². The maximum absolute atomic E-state index is 13.1. The van der Waals surface area contributed by atoms with E-state index in [2.05, 4.69) is 0 Å². The molecule has 9 heteroatoms. The number of hydrogen-bond acceptors (Lipinski definition) is 4. The second kappa shape index (κ2) is 7.58. The van der Waals surface area contributed by atoms with E-state index >= 15 is 0 Å². The van der Waals surface area contributed by atoms with Crippen molar-refractivity contribution in [1.82, 2.24) is 10.3 Å². The molecule has 0 spiro atoms. The van der Waals surface area contributed by atoms with Crippen LogP contribution in [0.5, 0.6) is 5.75 Å². The number of ether oxygens (including phenoxy) is 1. The van der Waals surface area contributed by atoms with E-state index in [-0.39, 0.29) is 0 Å². The van der Waals surface area contributed by atoms with Gasteiger partial charge < -0.3 is 4.74 Å². The summed E-state index contributed by atoms with van der Waals surface area (Å²) in [6.45, 7) is 3.24. The third-order valence-electron chi connectivity index (χ3n) is 3.23. The van der Waals surface area contributed by atoms with E-state index in [1.54, 1.807) is 17.8 Å². The number of sulfonamides is 1. The predicted octanol–water partition coefficient (Wildman–Crippen LogP) is 1.97. The fourth-order valence-electron chi connectivity index (χ4n) is 1.87. The van der Waals surface area contributed by atoms with Crippen LogP contribution in [0.4, 0.5) is 8.78 Å². The molecule has 0 aromatic heterocycles. The lowest BCUT2D eigenvalue weighted by Crippen LogP contribution is -2.43. The van der Waals surface area contributed by atoms with Crippen LogP contribution in [0.15, 0.2) is 41.3 Å². The molecule has 2 aromatic rings. The molecule has 6 nitrogen and oxygen atoms in total. The number of amides is 1. The smallest absolute Gasteiger partial charge is 0.272 e. The van der Waals surface area contributed by atoms with E-state index in [0.717, 1.165) is 17.2 Å². The first-order valence-electron chi connectivity index (χ1n) is 7.15. The average Bonchev–Trinajstić information content (AvgIpc) is 2.56. The molecular weight excluding hydrogens is 354 g/mol. The monoisotopic (exact) mass is 370 g/mol. The zero-order valence-corrected chi connectivity index (χ0v) is 14.3. The van der Waals surface area contributed by atoms with Gasteiger partial charge >= 0.3 is 0 Å². The molecule has 0 aliphatic heterocycles. The molecule has 2 N–H and O–H groups in total. The minimum absolute atomic E-state index is 0.426. The van der Waals surface area contributed by atoms with Gasteiger partial charge in [-0.2, -0.15) is 0 Å². The molecule has 0 bridgehead atoms. The SMILES string of the molecule is Cc1ccc(C)c(OCC(=O)NNS(=O)(=O)c2ccc(F)c(F)c2)c1. The summed E-state index contributed by atoms with van der Waals surface area (Å²) in [5.41, 5.74) is 3.71. The van der Waals surface area contributed by atoms with Crippen molar-refractivity contribution >= 4 is 15.9 Å². The van der Waals surface area contributed by atoms with Gasteiger partial charge in [-0.15, -0.1) is 4.83 Å². The highest BCUT2D eigenvalue weighted by molar-refractivity contribution is 7.89. The van der Waals surface area contributed by atoms with Crippen LogP contribution in [-0.4, -0.2) is 20.9 Å². The maximum Gasteiger partial charge on any atom is 0.272 e. The third-order valence-corrected chi connectivity index (χ3v) is 4.47. The fourth-order valence-corrected chi connectivity index (χ4v) is 2.74. The Labute approximate surface area is 143 Å². The van der Waals surface area contributed by atoms with Crippen LogP contribution in [0.1, 0.15) is 11.1 Å². The highest BCUT2D eigenvalue weighted by Gasteiger charge is 2.17. The van der Waals surface area contributed by atoms with E-state index in [4.69, 9.17) is 4.74 Å². The highest BCUT2D eigenvalue weighted by atomic mass is 32.2. The lowest BCUT2D eigenvalue weighted by atomic mass is 10.1. The first kappa shape index (κ1) is 18.8. The van der Waals surface area contributed by atoms with Gasteiger partial charge in [0.2, 0.25) is 0 Å². The summed E-state index contributed by atoms with van der Waals surface area (Å²) in [4.78, 5) is 13.0. The van der Waals surface area contributed by atoms with Crippen molar-refractivity contribution in [2.75, 3.05) is 6.61 Å². The van der Waals surface area contributed by atoms with Crippen LogP contribution in [0.2, 0.25) is 0 Å². The van der Waals surface area contributed by atoms with Crippen molar-refractivity contribution in [3.05, 3.63) is 59.2 Å². The number of hydrazine groups is 1. The predicted molar refractivity (Wildman–Crippen MR) is 86.2 cm³/mol. The Hall–Kier alpha value is -2.52. The van der Waals surface area contributed by atoms with Crippen LogP contribution >= 0.6 is 0 Å². The summed E-state index contributed by atoms with van der Waals surface area (Å²) in [6, 6.07) is 7.52. The van der Waals surface area contributed by atoms with Gasteiger partial charge in [0.1, 0.15) is 5.75 Å². The summed E-state index contributed by atoms with van der Waals surface area (Å²) in [5, 5.41) is 0. The van der Waals surface area contributed by atoms with Crippen LogP contribution < -0.4 is 15.0 Å². The number of aryl methyl sites for hydroxylation is 2. The number of halogens is 2. The molecule has 2 aromatic carbocycles. The molecular formula is C16H16F2N2O4S. The van der Waals surface area contributed by atoms with E-state index in [0.29, 0.717) is 17.9 Å². The second-order valence-corrected chi connectivity index (χ2v) is 6.97. The van der Waals surface area contributed by atoms with Crippen molar-refractivity contribution < 1.29 is 26.7 Å². The molecule has 0 heterocycles. The molecule has 2 rings (SSSR count). The zero-order valence-electron chi connectivity index (χ0n) is 13.5. The van der Waals surface area contributed by atoms with Crippen molar-refractivity contribution in [2.45, 2.75) is 18.7 Å². The van der Waals surface area contributed by atoms with Gasteiger partial charge in [-0.1, -0.05) is 12.1 Å². The molecule has 1 amide bonds. The van der Waals surface area contributed by atoms with Gasteiger partial charge in [0.25, 0.3) is 15.9 Å². The molecule has 0 unspecified atom stereocenters. The first-order chi connectivity index (χ1) is 11.7. The Morgan fingerprint density at radius 1 is 1.08 bits per heavy atom. The molecule has 0 aliphatic carbocycles. The number of hydrogen-bond donors (Lipinski definition) is 2. The summed E-state index contributed by atoms with van der Waals surface area (Å²) >= 11 is 0. The van der Waals surface area contributed by atoms with Gasteiger partial charge in [-0.25, -0.2) is 17.2 Å². The molecule has 25 heavy (non-hydrogen) atoms. The molecule has 0 radical (unpaired) electrons. The summed E-state index contributed by atoms with van der Waals surface area (Å²) < 4.78 is 55.1. The normalized spacial score (nSPS) is 11.2. The number of carbonyl (C=O) groups excluding carboxylic acids is 1. The van der Waals surface area contributed by atoms with E-state index in [9.17, 15) is 22.0 Å². The van der Waals surface area contributed by atoms with Crippen molar-refractivity contribution in [3.8, 4) is 5.75 Å². The number of rotatable bonds is 6. The van der Waals surface area contributed by atoms with Crippen LogP contribution in [0.3, 0.4) is 0 Å². The number of carbonyl (C=O) groups is 1. The largest absolute Gasteiger partial charge is 0.483 e. The average molecular weight is 370 g/mol. The lowest BCUT2D eigenvalue weighted by molar-refractivity contribution is -0.123. The Balaban J connectivity index is 1.94. The Morgan fingerprint density at radius 3 is 2.48 bits per heavy atom. The van der Waals surface area contributed by atoms with Gasteiger partial charge in [0.15, 0.2) is 18.2 Å². The number of nitrogens with one attached hydrogen (secondary N) is 2. The first-order valence-corrected chi connectivity index (χ1v) is 8.63. The molecule has 134 valence electrons. The fraction of sp³-hybridized carbons (Fsp3) is 0.188. The van der Waals surface area contributed by atoms with Crippen LogP contribution in [0, 0.1) is 25.5 Å². The van der Waals surface area contributed by atoms with Gasteiger partial charge in [0.05, 0.1) is 4.90 Å². The van der Waals surface area contributed by atoms with E-state index in [1.807, 2.05) is 24.5 Å². The quantitative estimate of drug-likeness (QED) is 0.762. The van der Waals surface area contributed by atoms with Crippen molar-refractivity contribution in [2.24, 2.45) is 0 Å². The van der Waals surface area contributed by atoms with E-state index < -0.39 is 39.1 Å². The van der Waals surface area contributed by atoms with E-state index in [1.165, 1.54) is 0 Å². The highest BCUT2D eigenvalue weighted by Crippen LogP contribution is 2.18. The molecule has 0 fully saturated rings. The molecule has 0 saturated heterocycles. The second-order valence-electron chi connectivity index (χ2n) is 5.29. The van der Waals surface area contributed by atoms with Crippen LogP contribution in [0.25, 0.3) is 0 Å². The lowest BCUT2D eigenvalue weighted by Gasteiger charge is -2.11. The maximum atomic E-state index is 13.1. The minimum Gasteiger partial charge on any atom is -0.483 e. The zero-order chi connectivity index (χ0) is 18.6. The Morgan fingerprint density at radius 2 is 1.80 bits per heavy atom. The molecule has 0 atom stereocenters. The summed E-state index contributed by atoms with van der Waals surface area (Å²) in [5.74, 6) is -2.75. The third kappa shape index (κ3) is 4.97. The standard InChI is InChI=1S/C16H16F2N2O4S/c1-10-3-4-11(2)15(7-10)24-9-16(21)19-20-25(22,23)12-5-6-13(17)14(18)8-12/h3-8,20H,9H2,1-2H3,(H,19,21). The van der Waals surface area contributed by atoms with Gasteiger partial charge in [-0.3, -0.25) is 10.2 Å². The number of benzene rings is 2. The molecule has 0 saturated carbocycles. The molecule has 0 aliphatic rings.